The van der Waals surface area contributed by atoms with Crippen molar-refractivity contribution < 1.29 is 14.3 Å². The van der Waals surface area contributed by atoms with Gasteiger partial charge in [-0.2, -0.15) is 0 Å². The van der Waals surface area contributed by atoms with Gasteiger partial charge in [0.05, 0.1) is 26.3 Å². The Hall–Kier alpha value is -2.86. The van der Waals surface area contributed by atoms with Crippen LogP contribution in [0.1, 0.15) is 24.6 Å². The van der Waals surface area contributed by atoms with Crippen LogP contribution in [0, 0.1) is 0 Å². The molecule has 0 fully saturated rings. The van der Waals surface area contributed by atoms with E-state index in [4.69, 9.17) is 9.47 Å². The van der Waals surface area contributed by atoms with E-state index >= 15 is 0 Å². The highest BCUT2D eigenvalue weighted by molar-refractivity contribution is 7.13. The molecule has 2 aromatic carbocycles. The van der Waals surface area contributed by atoms with Crippen molar-refractivity contribution >= 4 is 17.2 Å². The summed E-state index contributed by atoms with van der Waals surface area (Å²) in [4.78, 5) is 19.5. The number of hydrogen-bond acceptors (Lipinski definition) is 5. The van der Waals surface area contributed by atoms with Gasteiger partial charge in [0.15, 0.2) is 11.5 Å². The average molecular weight is 411 g/mol. The Bertz CT molecular complexity index is 940. The minimum Gasteiger partial charge on any atom is -0.493 e. The molecule has 5 nitrogen and oxygen atoms in total. The molecule has 0 spiro atoms. The van der Waals surface area contributed by atoms with E-state index < -0.39 is 0 Å². The van der Waals surface area contributed by atoms with Crippen LogP contribution < -0.4 is 9.47 Å². The second-order valence-corrected chi connectivity index (χ2v) is 7.55. The number of benzene rings is 2. The molecule has 0 aliphatic carbocycles. The van der Waals surface area contributed by atoms with E-state index in [1.54, 1.807) is 14.2 Å². The molecule has 1 aromatic heterocycles. The molecule has 152 valence electrons. The van der Waals surface area contributed by atoms with Gasteiger partial charge in [0, 0.05) is 24.0 Å². The molecule has 0 aliphatic heterocycles. The van der Waals surface area contributed by atoms with Crippen LogP contribution in [0.15, 0.2) is 53.9 Å². The number of carbonyl (C=O) groups is 1. The van der Waals surface area contributed by atoms with Crippen molar-refractivity contribution in [3.8, 4) is 22.1 Å². The van der Waals surface area contributed by atoms with E-state index in [2.05, 4.69) is 11.9 Å². The fraction of sp³-hybridized carbons (Fsp3) is 0.304. The number of hydrogen-bond donors (Lipinski definition) is 0. The second-order valence-electron chi connectivity index (χ2n) is 6.69. The molecule has 0 unspecified atom stereocenters. The van der Waals surface area contributed by atoms with Crippen molar-refractivity contribution in [1.82, 2.24) is 9.88 Å². The SMILES string of the molecule is CCCN(Cc1ccccc1)C(=O)Cc1csc(-c2ccc(OC)c(OC)c2)n1. The number of thiazole rings is 1. The third-order valence-electron chi connectivity index (χ3n) is 4.58. The first-order valence-electron chi connectivity index (χ1n) is 9.63. The van der Waals surface area contributed by atoms with Gasteiger partial charge in [-0.15, -0.1) is 11.3 Å². The maximum Gasteiger partial charge on any atom is 0.228 e. The highest BCUT2D eigenvalue weighted by atomic mass is 32.1. The van der Waals surface area contributed by atoms with Crippen molar-refractivity contribution in [3.05, 3.63) is 65.2 Å². The van der Waals surface area contributed by atoms with Crippen molar-refractivity contribution in [1.29, 1.82) is 0 Å². The first kappa shape index (κ1) is 20.9. The van der Waals surface area contributed by atoms with Crippen LogP contribution in [0.4, 0.5) is 0 Å². The lowest BCUT2D eigenvalue weighted by molar-refractivity contribution is -0.131. The van der Waals surface area contributed by atoms with Crippen molar-refractivity contribution in [2.45, 2.75) is 26.3 Å². The summed E-state index contributed by atoms with van der Waals surface area (Å²) in [6, 6.07) is 15.8. The molecule has 0 aliphatic rings. The average Bonchev–Trinajstić information content (AvgIpc) is 3.22. The number of carbonyl (C=O) groups excluding carboxylic acids is 1. The van der Waals surface area contributed by atoms with Crippen LogP contribution in [0.25, 0.3) is 10.6 Å². The Kier molecular flexibility index (Phi) is 7.25. The summed E-state index contributed by atoms with van der Waals surface area (Å²) in [7, 11) is 3.23. The van der Waals surface area contributed by atoms with E-state index in [-0.39, 0.29) is 5.91 Å². The van der Waals surface area contributed by atoms with Gasteiger partial charge in [0.25, 0.3) is 0 Å². The Morgan fingerprint density at radius 1 is 1.07 bits per heavy atom. The standard InChI is InChI=1S/C23H26N2O3S/c1-4-12-25(15-17-8-6-5-7-9-17)22(26)14-19-16-29-23(24-19)18-10-11-20(27-2)21(13-18)28-3/h5-11,13,16H,4,12,14-15H2,1-3H3. The smallest absolute Gasteiger partial charge is 0.228 e. The molecule has 0 radical (unpaired) electrons. The van der Waals surface area contributed by atoms with E-state index in [9.17, 15) is 4.79 Å². The van der Waals surface area contributed by atoms with E-state index in [1.807, 2.05) is 58.8 Å². The monoisotopic (exact) mass is 410 g/mol. The van der Waals surface area contributed by atoms with Crippen molar-refractivity contribution in [3.63, 3.8) is 0 Å². The van der Waals surface area contributed by atoms with Crippen LogP contribution in [0.5, 0.6) is 11.5 Å². The molecule has 0 saturated carbocycles. The molecular formula is C23H26N2O3S. The molecule has 0 N–H and O–H groups in total. The van der Waals surface area contributed by atoms with Crippen LogP contribution in [-0.2, 0) is 17.8 Å². The third kappa shape index (κ3) is 5.35. The lowest BCUT2D eigenvalue weighted by Crippen LogP contribution is -2.32. The van der Waals surface area contributed by atoms with Crippen LogP contribution in [0.2, 0.25) is 0 Å². The van der Waals surface area contributed by atoms with E-state index in [0.717, 1.165) is 34.8 Å². The maximum absolute atomic E-state index is 12.9. The Balaban J connectivity index is 1.72. The van der Waals surface area contributed by atoms with Gasteiger partial charge in [0.2, 0.25) is 5.91 Å². The van der Waals surface area contributed by atoms with E-state index in [0.29, 0.717) is 24.5 Å². The van der Waals surface area contributed by atoms with Crippen LogP contribution in [-0.4, -0.2) is 36.6 Å². The summed E-state index contributed by atoms with van der Waals surface area (Å²) in [5.74, 6) is 1.44. The molecule has 0 saturated heterocycles. The summed E-state index contributed by atoms with van der Waals surface area (Å²) >= 11 is 1.53. The normalized spacial score (nSPS) is 10.6. The number of ether oxygens (including phenoxy) is 2. The fourth-order valence-corrected chi connectivity index (χ4v) is 3.94. The van der Waals surface area contributed by atoms with E-state index in [1.165, 1.54) is 11.3 Å². The predicted molar refractivity (Wildman–Crippen MR) is 117 cm³/mol. The number of nitrogens with zero attached hydrogens (tertiary/aromatic N) is 2. The number of rotatable bonds is 9. The van der Waals surface area contributed by atoms with Gasteiger partial charge < -0.3 is 14.4 Å². The minimum absolute atomic E-state index is 0.0971. The molecule has 0 bridgehead atoms. The fourth-order valence-electron chi connectivity index (χ4n) is 3.12. The number of amides is 1. The summed E-state index contributed by atoms with van der Waals surface area (Å²) in [6.07, 6.45) is 1.23. The number of methoxy groups -OCH3 is 2. The summed E-state index contributed by atoms with van der Waals surface area (Å²) in [5.41, 5.74) is 2.87. The largest absolute Gasteiger partial charge is 0.493 e. The first-order valence-corrected chi connectivity index (χ1v) is 10.5. The minimum atomic E-state index is 0.0971. The predicted octanol–water partition coefficient (Wildman–Crippen LogP) is 4.81. The molecular weight excluding hydrogens is 384 g/mol. The maximum atomic E-state index is 12.9. The quantitative estimate of drug-likeness (QED) is 0.508. The van der Waals surface area contributed by atoms with Gasteiger partial charge in [-0.1, -0.05) is 37.3 Å². The van der Waals surface area contributed by atoms with Gasteiger partial charge in [-0.25, -0.2) is 4.98 Å². The number of aromatic nitrogens is 1. The summed E-state index contributed by atoms with van der Waals surface area (Å²) < 4.78 is 10.7. The van der Waals surface area contributed by atoms with Gasteiger partial charge in [-0.3, -0.25) is 4.79 Å². The second kappa shape index (κ2) is 10.1. The molecule has 6 heteroatoms. The first-order chi connectivity index (χ1) is 14.1. The van der Waals surface area contributed by atoms with Gasteiger partial charge in [-0.05, 0) is 30.2 Å². The van der Waals surface area contributed by atoms with Crippen molar-refractivity contribution in [2.75, 3.05) is 20.8 Å². The Morgan fingerprint density at radius 2 is 1.83 bits per heavy atom. The highest BCUT2D eigenvalue weighted by Gasteiger charge is 2.16. The molecule has 1 amide bonds. The molecule has 29 heavy (non-hydrogen) atoms. The molecule has 1 heterocycles. The molecule has 0 atom stereocenters. The van der Waals surface area contributed by atoms with Crippen LogP contribution >= 0.6 is 11.3 Å². The van der Waals surface area contributed by atoms with Crippen molar-refractivity contribution in [2.24, 2.45) is 0 Å². The third-order valence-corrected chi connectivity index (χ3v) is 5.52. The lowest BCUT2D eigenvalue weighted by Gasteiger charge is -2.22. The summed E-state index contributed by atoms with van der Waals surface area (Å²) in [5, 5.41) is 2.81. The Morgan fingerprint density at radius 3 is 2.52 bits per heavy atom. The highest BCUT2D eigenvalue weighted by Crippen LogP contribution is 2.33. The molecule has 3 aromatic rings. The molecule has 3 rings (SSSR count). The summed E-state index contributed by atoms with van der Waals surface area (Å²) in [6.45, 7) is 3.45. The zero-order valence-corrected chi connectivity index (χ0v) is 17.9. The van der Waals surface area contributed by atoms with Crippen LogP contribution in [0.3, 0.4) is 0 Å². The lowest BCUT2D eigenvalue weighted by atomic mass is 10.2. The van der Waals surface area contributed by atoms with Gasteiger partial charge >= 0.3 is 0 Å². The topological polar surface area (TPSA) is 51.7 Å². The zero-order chi connectivity index (χ0) is 20.6. The zero-order valence-electron chi connectivity index (χ0n) is 17.1. The van der Waals surface area contributed by atoms with Gasteiger partial charge in [0.1, 0.15) is 5.01 Å². The Labute approximate surface area is 175 Å².